The van der Waals surface area contributed by atoms with Gasteiger partial charge in [0.15, 0.2) is 0 Å². The lowest BCUT2D eigenvalue weighted by atomic mass is 9.90. The van der Waals surface area contributed by atoms with Crippen molar-refractivity contribution in [3.63, 3.8) is 0 Å². The van der Waals surface area contributed by atoms with Gasteiger partial charge in [-0.25, -0.2) is 0 Å². The van der Waals surface area contributed by atoms with Crippen LogP contribution in [0.3, 0.4) is 0 Å². The highest BCUT2D eigenvalue weighted by molar-refractivity contribution is 4.86. The first-order valence-electron chi connectivity index (χ1n) is 7.26. The number of hydrogen-bond donors (Lipinski definition) is 1. The van der Waals surface area contributed by atoms with Crippen LogP contribution in [0.4, 0.5) is 0 Å². The third-order valence-corrected chi connectivity index (χ3v) is 4.62. The van der Waals surface area contributed by atoms with Crippen molar-refractivity contribution in [2.75, 3.05) is 46.8 Å². The van der Waals surface area contributed by atoms with Crippen molar-refractivity contribution >= 4 is 0 Å². The van der Waals surface area contributed by atoms with Gasteiger partial charge in [0.25, 0.3) is 0 Å². The maximum Gasteiger partial charge on any atom is 0.0255 e. The van der Waals surface area contributed by atoms with Gasteiger partial charge in [-0.15, -0.1) is 0 Å². The normalized spacial score (nSPS) is 33.2. The van der Waals surface area contributed by atoms with Gasteiger partial charge < -0.3 is 15.1 Å². The van der Waals surface area contributed by atoms with E-state index in [2.05, 4.69) is 36.1 Å². The highest BCUT2D eigenvalue weighted by Crippen LogP contribution is 2.22. The second kappa shape index (κ2) is 6.17. The second-order valence-corrected chi connectivity index (χ2v) is 6.27. The molecule has 2 saturated heterocycles. The predicted octanol–water partition coefficient (Wildman–Crippen LogP) is 1.26. The molecule has 2 aliphatic heterocycles. The van der Waals surface area contributed by atoms with Crippen molar-refractivity contribution < 1.29 is 0 Å². The zero-order chi connectivity index (χ0) is 12.3. The third-order valence-electron chi connectivity index (χ3n) is 4.62. The monoisotopic (exact) mass is 239 g/mol. The number of nitrogens with zero attached hydrogens (tertiary/aromatic N) is 2. The summed E-state index contributed by atoms with van der Waals surface area (Å²) in [6.07, 6.45) is 4.14. The van der Waals surface area contributed by atoms with Crippen LogP contribution in [0.5, 0.6) is 0 Å². The highest BCUT2D eigenvalue weighted by atomic mass is 15.2. The van der Waals surface area contributed by atoms with Gasteiger partial charge in [-0.05, 0) is 64.8 Å². The van der Waals surface area contributed by atoms with E-state index < -0.39 is 0 Å². The van der Waals surface area contributed by atoms with Crippen LogP contribution in [-0.2, 0) is 0 Å². The lowest BCUT2D eigenvalue weighted by Crippen LogP contribution is -2.52. The van der Waals surface area contributed by atoms with E-state index in [1.54, 1.807) is 0 Å². The first kappa shape index (κ1) is 13.3. The van der Waals surface area contributed by atoms with Crippen LogP contribution in [0.1, 0.15) is 26.2 Å². The molecule has 0 radical (unpaired) electrons. The van der Waals surface area contributed by atoms with Crippen LogP contribution >= 0.6 is 0 Å². The molecule has 2 atom stereocenters. The Labute approximate surface area is 107 Å². The molecule has 0 aromatic rings. The SMILES string of the molecule is CC1CCN(CC2CCNCC2N(C)C)CC1. The van der Waals surface area contributed by atoms with Crippen molar-refractivity contribution in [1.29, 1.82) is 0 Å². The van der Waals surface area contributed by atoms with E-state index in [0.717, 1.165) is 17.9 Å². The Morgan fingerprint density at radius 3 is 2.53 bits per heavy atom. The number of hydrogen-bond acceptors (Lipinski definition) is 3. The Bertz CT molecular complexity index is 222. The van der Waals surface area contributed by atoms with Crippen LogP contribution in [0, 0.1) is 11.8 Å². The summed E-state index contributed by atoms with van der Waals surface area (Å²) in [6, 6.07) is 0.725. The van der Waals surface area contributed by atoms with Crippen molar-refractivity contribution in [2.45, 2.75) is 32.2 Å². The number of likely N-dealkylation sites (N-methyl/N-ethyl adjacent to an activating group) is 1. The Balaban J connectivity index is 1.83. The fourth-order valence-electron chi connectivity index (χ4n) is 3.29. The smallest absolute Gasteiger partial charge is 0.0255 e. The standard InChI is InChI=1S/C14H29N3/c1-12-5-8-17(9-6-12)11-13-4-7-15-10-14(13)16(2)3/h12-15H,4-11H2,1-3H3. The molecular weight excluding hydrogens is 210 g/mol. The third kappa shape index (κ3) is 3.67. The van der Waals surface area contributed by atoms with Crippen LogP contribution in [0.15, 0.2) is 0 Å². The highest BCUT2D eigenvalue weighted by Gasteiger charge is 2.29. The van der Waals surface area contributed by atoms with Gasteiger partial charge in [0.1, 0.15) is 0 Å². The molecule has 2 rings (SSSR count). The molecule has 2 aliphatic rings. The van der Waals surface area contributed by atoms with Crippen LogP contribution < -0.4 is 5.32 Å². The summed E-state index contributed by atoms with van der Waals surface area (Å²) in [4.78, 5) is 5.11. The Kier molecular flexibility index (Phi) is 4.83. The molecule has 100 valence electrons. The van der Waals surface area contributed by atoms with E-state index in [4.69, 9.17) is 0 Å². The summed E-state index contributed by atoms with van der Waals surface area (Å²) in [5, 5.41) is 3.53. The summed E-state index contributed by atoms with van der Waals surface area (Å²) in [7, 11) is 4.45. The minimum Gasteiger partial charge on any atom is -0.315 e. The summed E-state index contributed by atoms with van der Waals surface area (Å²) in [5.74, 6) is 1.81. The molecule has 1 N–H and O–H groups in total. The number of rotatable bonds is 3. The molecule has 0 saturated carbocycles. The average Bonchev–Trinajstić information content (AvgIpc) is 2.32. The minimum atomic E-state index is 0.725. The molecule has 2 fully saturated rings. The van der Waals surface area contributed by atoms with Gasteiger partial charge in [-0.3, -0.25) is 0 Å². The molecule has 2 unspecified atom stereocenters. The van der Waals surface area contributed by atoms with Gasteiger partial charge in [0, 0.05) is 19.1 Å². The molecule has 17 heavy (non-hydrogen) atoms. The lowest BCUT2D eigenvalue weighted by Gasteiger charge is -2.40. The minimum absolute atomic E-state index is 0.725. The lowest BCUT2D eigenvalue weighted by molar-refractivity contribution is 0.101. The summed E-state index contributed by atoms with van der Waals surface area (Å²) < 4.78 is 0. The number of likely N-dealkylation sites (tertiary alicyclic amines) is 1. The maximum atomic E-state index is 3.53. The van der Waals surface area contributed by atoms with Crippen LogP contribution in [0.25, 0.3) is 0 Å². The van der Waals surface area contributed by atoms with Gasteiger partial charge in [0.2, 0.25) is 0 Å². The largest absolute Gasteiger partial charge is 0.315 e. The van der Waals surface area contributed by atoms with Crippen molar-refractivity contribution in [3.8, 4) is 0 Å². The molecule has 0 aromatic heterocycles. The molecular formula is C14H29N3. The van der Waals surface area contributed by atoms with Gasteiger partial charge in [-0.2, -0.15) is 0 Å². The average molecular weight is 239 g/mol. The van der Waals surface area contributed by atoms with E-state index in [0.29, 0.717) is 0 Å². The molecule has 3 heteroatoms. The summed E-state index contributed by atoms with van der Waals surface area (Å²) >= 11 is 0. The molecule has 0 aromatic carbocycles. The first-order valence-corrected chi connectivity index (χ1v) is 7.26. The number of piperidine rings is 2. The molecule has 2 heterocycles. The van der Waals surface area contributed by atoms with Crippen molar-refractivity contribution in [2.24, 2.45) is 11.8 Å². The van der Waals surface area contributed by atoms with E-state index in [1.807, 2.05) is 0 Å². The molecule has 0 aliphatic carbocycles. The summed E-state index contributed by atoms with van der Waals surface area (Å²) in [6.45, 7) is 8.74. The fourth-order valence-corrected chi connectivity index (χ4v) is 3.29. The topological polar surface area (TPSA) is 18.5 Å². The maximum absolute atomic E-state index is 3.53. The fraction of sp³-hybridized carbons (Fsp3) is 1.00. The zero-order valence-electron chi connectivity index (χ0n) is 11.8. The predicted molar refractivity (Wildman–Crippen MR) is 73.3 cm³/mol. The number of nitrogens with one attached hydrogen (secondary N) is 1. The van der Waals surface area contributed by atoms with Gasteiger partial charge in [-0.1, -0.05) is 6.92 Å². The Morgan fingerprint density at radius 1 is 1.18 bits per heavy atom. The Morgan fingerprint density at radius 2 is 1.88 bits per heavy atom. The van der Waals surface area contributed by atoms with Crippen molar-refractivity contribution in [3.05, 3.63) is 0 Å². The second-order valence-electron chi connectivity index (χ2n) is 6.27. The van der Waals surface area contributed by atoms with Crippen LogP contribution in [-0.4, -0.2) is 62.7 Å². The quantitative estimate of drug-likeness (QED) is 0.800. The molecule has 0 spiro atoms. The van der Waals surface area contributed by atoms with Crippen LogP contribution in [0.2, 0.25) is 0 Å². The van der Waals surface area contributed by atoms with Gasteiger partial charge in [0.05, 0.1) is 0 Å². The van der Waals surface area contributed by atoms with E-state index in [1.165, 1.54) is 52.0 Å². The zero-order valence-corrected chi connectivity index (χ0v) is 11.8. The molecule has 0 amide bonds. The Hall–Kier alpha value is -0.120. The summed E-state index contributed by atoms with van der Waals surface area (Å²) in [5.41, 5.74) is 0. The van der Waals surface area contributed by atoms with E-state index in [9.17, 15) is 0 Å². The van der Waals surface area contributed by atoms with E-state index in [-0.39, 0.29) is 0 Å². The van der Waals surface area contributed by atoms with Gasteiger partial charge >= 0.3 is 0 Å². The first-order chi connectivity index (χ1) is 8.16. The van der Waals surface area contributed by atoms with E-state index >= 15 is 0 Å². The molecule has 0 bridgehead atoms. The van der Waals surface area contributed by atoms with Crippen molar-refractivity contribution in [1.82, 2.24) is 15.1 Å². The molecule has 3 nitrogen and oxygen atoms in total.